The molecular weight excluding hydrogens is 498 g/mol. The zero-order valence-electron chi connectivity index (χ0n) is 20.2. The predicted octanol–water partition coefficient (Wildman–Crippen LogP) is 5.70. The number of alkyl halides is 6. The second-order valence-corrected chi connectivity index (χ2v) is 11.4. The maximum absolute atomic E-state index is 12.4. The Morgan fingerprint density at radius 1 is 0.865 bits per heavy atom. The molecule has 4 fully saturated rings. The highest BCUT2D eigenvalue weighted by atomic mass is 19.4. The van der Waals surface area contributed by atoms with Gasteiger partial charge in [0, 0.05) is 44.0 Å². The van der Waals surface area contributed by atoms with Gasteiger partial charge in [-0.3, -0.25) is 9.97 Å². The van der Waals surface area contributed by atoms with Crippen molar-refractivity contribution in [3.63, 3.8) is 0 Å². The van der Waals surface area contributed by atoms with Gasteiger partial charge >= 0.3 is 12.4 Å². The molecule has 0 amide bonds. The Hall–Kier alpha value is -2.24. The van der Waals surface area contributed by atoms with Gasteiger partial charge in [-0.15, -0.1) is 0 Å². The van der Waals surface area contributed by atoms with Crippen molar-refractivity contribution in [1.82, 2.24) is 20.3 Å². The first-order valence-corrected chi connectivity index (χ1v) is 12.5. The van der Waals surface area contributed by atoms with Crippen LogP contribution in [0.4, 0.5) is 26.3 Å². The van der Waals surface area contributed by atoms with Crippen molar-refractivity contribution >= 4 is 0 Å². The predicted molar refractivity (Wildman–Crippen MR) is 123 cm³/mol. The van der Waals surface area contributed by atoms with Crippen LogP contribution in [0.1, 0.15) is 60.5 Å². The highest BCUT2D eigenvalue weighted by Gasteiger charge is 2.49. The number of pyridine rings is 2. The van der Waals surface area contributed by atoms with Gasteiger partial charge < -0.3 is 10.5 Å². The summed E-state index contributed by atoms with van der Waals surface area (Å²) in [7, 11) is 0. The van der Waals surface area contributed by atoms with Crippen LogP contribution in [0.25, 0.3) is 0 Å². The fraction of sp³-hybridized carbons (Fsp3) is 0.615. The van der Waals surface area contributed by atoms with Gasteiger partial charge in [0.2, 0.25) is 0 Å². The molecule has 5 nitrogen and oxygen atoms in total. The molecule has 0 aromatic carbocycles. The van der Waals surface area contributed by atoms with Gasteiger partial charge in [0.05, 0.1) is 0 Å². The summed E-state index contributed by atoms with van der Waals surface area (Å²) < 4.78 is 74.3. The van der Waals surface area contributed by atoms with Gasteiger partial charge in [0.25, 0.3) is 0 Å². The van der Waals surface area contributed by atoms with Crippen molar-refractivity contribution in [1.29, 1.82) is 0 Å². The van der Waals surface area contributed by atoms with Gasteiger partial charge in [0.1, 0.15) is 11.4 Å². The van der Waals surface area contributed by atoms with E-state index in [0.29, 0.717) is 17.3 Å². The van der Waals surface area contributed by atoms with Gasteiger partial charge in [-0.05, 0) is 79.0 Å². The van der Waals surface area contributed by atoms with Crippen molar-refractivity contribution in [2.24, 2.45) is 16.7 Å². The first kappa shape index (κ1) is 26.4. The molecule has 2 aromatic rings. The van der Waals surface area contributed by atoms with E-state index in [9.17, 15) is 31.5 Å². The minimum absolute atomic E-state index is 0.249. The molecule has 1 unspecified atom stereocenters. The van der Waals surface area contributed by atoms with Crippen LogP contribution in [0, 0.1) is 16.7 Å². The van der Waals surface area contributed by atoms with Crippen LogP contribution in [-0.4, -0.2) is 46.4 Å². The number of hydroxylamine groups is 2. The number of hydrogen-bond acceptors (Lipinski definition) is 5. The van der Waals surface area contributed by atoms with Crippen molar-refractivity contribution < 1.29 is 31.5 Å². The molecule has 4 heterocycles. The van der Waals surface area contributed by atoms with E-state index < -0.39 is 23.7 Å². The van der Waals surface area contributed by atoms with Gasteiger partial charge in [-0.25, -0.2) is 0 Å². The summed E-state index contributed by atoms with van der Waals surface area (Å²) in [4.78, 5) is 7.01. The van der Waals surface area contributed by atoms with Crippen LogP contribution < -0.4 is 5.32 Å². The highest BCUT2D eigenvalue weighted by Crippen LogP contribution is 2.53. The third kappa shape index (κ3) is 5.78. The third-order valence-electron chi connectivity index (χ3n) is 8.39. The lowest BCUT2D eigenvalue weighted by Gasteiger charge is -2.54. The van der Waals surface area contributed by atoms with E-state index in [-0.39, 0.29) is 5.41 Å². The van der Waals surface area contributed by atoms with Crippen LogP contribution in [0.3, 0.4) is 0 Å². The van der Waals surface area contributed by atoms with Crippen molar-refractivity contribution in [3.8, 4) is 0 Å². The maximum Gasteiger partial charge on any atom is 0.433 e. The van der Waals surface area contributed by atoms with Gasteiger partial charge in [-0.1, -0.05) is 12.1 Å². The molecule has 0 bridgehead atoms. The average Bonchev–Trinajstić information content (AvgIpc) is 3.15. The molecule has 2 aliphatic carbocycles. The highest BCUT2D eigenvalue weighted by molar-refractivity contribution is 5.25. The molecule has 1 atom stereocenters. The van der Waals surface area contributed by atoms with Crippen LogP contribution in [0.5, 0.6) is 0 Å². The summed E-state index contributed by atoms with van der Waals surface area (Å²) in [6.07, 6.45) is 0.171. The zero-order valence-corrected chi connectivity index (χ0v) is 20.2. The Morgan fingerprint density at radius 3 is 1.95 bits per heavy atom. The standard InChI is InChI=1S/C14H17F3N2O.C12H13F3N2/c15-14(16,17)12-2-1-11(7-18-12)5-10-3-4-13(6-10)8-19(20)9-13;13-12(14,15)10-2-1-8(5-17-10)9-3-11(4-9)6-16-7-11/h1-2,7,10,20H,3-6,8-9H2;1-2,5,9,16H,3-4,6-7H2. The molecule has 202 valence electrons. The van der Waals surface area contributed by atoms with Crippen molar-refractivity contribution in [2.45, 2.75) is 56.8 Å². The number of rotatable bonds is 3. The molecule has 2 saturated carbocycles. The number of nitrogens with one attached hydrogen (secondary N) is 1. The molecule has 0 radical (unpaired) electrons. The van der Waals surface area contributed by atoms with Crippen LogP contribution in [-0.2, 0) is 18.8 Å². The summed E-state index contributed by atoms with van der Waals surface area (Å²) >= 11 is 0. The summed E-state index contributed by atoms with van der Waals surface area (Å²) in [5, 5.41) is 13.8. The fourth-order valence-electron chi connectivity index (χ4n) is 6.37. The smallest absolute Gasteiger partial charge is 0.316 e. The SMILES string of the molecule is FC(F)(F)c1ccc(C2CC3(CNC3)C2)cn1.ON1CC2(CCC(Cc3ccc(C(F)(F)F)nc3)C2)C1. The normalized spacial score (nSPS) is 24.7. The number of aromatic nitrogens is 2. The van der Waals surface area contributed by atoms with Crippen LogP contribution in [0.2, 0.25) is 0 Å². The molecule has 6 rings (SSSR count). The first-order valence-electron chi connectivity index (χ1n) is 12.5. The average molecular weight is 529 g/mol. The van der Waals surface area contributed by atoms with Gasteiger partial charge in [0.15, 0.2) is 0 Å². The van der Waals surface area contributed by atoms with Crippen LogP contribution >= 0.6 is 0 Å². The molecule has 37 heavy (non-hydrogen) atoms. The van der Waals surface area contributed by atoms with E-state index in [2.05, 4.69) is 15.3 Å². The Bertz CT molecular complexity index is 1070. The minimum atomic E-state index is -4.37. The molecule has 2 aliphatic heterocycles. The number of nitrogens with zero attached hydrogens (tertiary/aromatic N) is 3. The van der Waals surface area contributed by atoms with E-state index in [4.69, 9.17) is 0 Å². The number of hydrogen-bond donors (Lipinski definition) is 2. The second kappa shape index (κ2) is 9.50. The Kier molecular flexibility index (Phi) is 6.77. The molecule has 11 heteroatoms. The molecule has 2 N–H and O–H groups in total. The van der Waals surface area contributed by atoms with E-state index in [0.717, 1.165) is 88.0 Å². The minimum Gasteiger partial charge on any atom is -0.316 e. The molecular formula is C26H30F6N4O. The van der Waals surface area contributed by atoms with Crippen molar-refractivity contribution in [2.75, 3.05) is 26.2 Å². The van der Waals surface area contributed by atoms with Gasteiger partial charge in [-0.2, -0.15) is 31.4 Å². The summed E-state index contributed by atoms with van der Waals surface area (Å²) in [6.45, 7) is 3.57. The monoisotopic (exact) mass is 528 g/mol. The second-order valence-electron chi connectivity index (χ2n) is 11.4. The van der Waals surface area contributed by atoms with E-state index in [1.807, 2.05) is 0 Å². The summed E-state index contributed by atoms with van der Waals surface area (Å²) in [6, 6.07) is 5.23. The van der Waals surface area contributed by atoms with E-state index in [1.54, 1.807) is 6.07 Å². The third-order valence-corrected chi connectivity index (χ3v) is 8.39. The van der Waals surface area contributed by atoms with Crippen LogP contribution in [0.15, 0.2) is 36.7 Å². The lowest BCUT2D eigenvalue weighted by molar-refractivity contribution is -0.206. The van der Waals surface area contributed by atoms with Crippen molar-refractivity contribution in [3.05, 3.63) is 59.2 Å². The fourth-order valence-corrected chi connectivity index (χ4v) is 6.37. The molecule has 2 aromatic heterocycles. The Labute approximate surface area is 211 Å². The lowest BCUT2D eigenvalue weighted by atomic mass is 9.57. The first-order chi connectivity index (χ1) is 17.3. The quantitative estimate of drug-likeness (QED) is 0.501. The lowest BCUT2D eigenvalue weighted by Crippen LogP contribution is -2.59. The largest absolute Gasteiger partial charge is 0.433 e. The topological polar surface area (TPSA) is 61.3 Å². The maximum atomic E-state index is 12.4. The molecule has 2 spiro atoms. The number of halogens is 6. The molecule has 4 aliphatic rings. The van der Waals surface area contributed by atoms with E-state index in [1.165, 1.54) is 23.5 Å². The Balaban J connectivity index is 0.000000153. The van der Waals surface area contributed by atoms with E-state index >= 15 is 0 Å². The zero-order chi connectivity index (χ0) is 26.5. The summed E-state index contributed by atoms with van der Waals surface area (Å²) in [5.41, 5.74) is 0.849. The molecule has 2 saturated heterocycles. The Morgan fingerprint density at radius 2 is 1.49 bits per heavy atom. The summed E-state index contributed by atoms with van der Waals surface area (Å²) in [5.74, 6) is 0.883.